The lowest BCUT2D eigenvalue weighted by Crippen LogP contribution is -1.93. The van der Waals surface area contributed by atoms with Gasteiger partial charge in [0.25, 0.3) is 0 Å². The first kappa shape index (κ1) is 12.0. The van der Waals surface area contributed by atoms with Crippen LogP contribution in [0.15, 0.2) is 42.5 Å². The SMILES string of the molecule is COc1ccc(Oc2ccc(N)c(C=N)c2)cc1. The van der Waals surface area contributed by atoms with E-state index in [4.69, 9.17) is 20.6 Å². The van der Waals surface area contributed by atoms with E-state index in [2.05, 4.69) is 0 Å². The van der Waals surface area contributed by atoms with Gasteiger partial charge in [-0.15, -0.1) is 0 Å². The van der Waals surface area contributed by atoms with Crippen LogP contribution in [-0.2, 0) is 0 Å². The van der Waals surface area contributed by atoms with E-state index < -0.39 is 0 Å². The molecule has 0 fully saturated rings. The Morgan fingerprint density at radius 2 is 1.61 bits per heavy atom. The fraction of sp³-hybridized carbons (Fsp3) is 0.0714. The van der Waals surface area contributed by atoms with E-state index in [1.54, 1.807) is 25.3 Å². The molecule has 0 saturated heterocycles. The topological polar surface area (TPSA) is 68.3 Å². The van der Waals surface area contributed by atoms with Crippen molar-refractivity contribution in [1.82, 2.24) is 0 Å². The predicted octanol–water partition coefficient (Wildman–Crippen LogP) is 3.07. The zero-order valence-corrected chi connectivity index (χ0v) is 10.0. The van der Waals surface area contributed by atoms with E-state index in [0.717, 1.165) is 5.75 Å². The monoisotopic (exact) mass is 242 g/mol. The molecule has 92 valence electrons. The maximum atomic E-state index is 7.24. The van der Waals surface area contributed by atoms with Crippen LogP contribution in [0.5, 0.6) is 17.2 Å². The predicted molar refractivity (Wildman–Crippen MR) is 71.8 cm³/mol. The molecule has 0 radical (unpaired) electrons. The number of hydrogen-bond acceptors (Lipinski definition) is 4. The fourth-order valence-corrected chi connectivity index (χ4v) is 1.52. The number of rotatable bonds is 4. The highest BCUT2D eigenvalue weighted by molar-refractivity contribution is 5.85. The molecule has 3 N–H and O–H groups in total. The van der Waals surface area contributed by atoms with Gasteiger partial charge in [0.15, 0.2) is 0 Å². The Bertz CT molecular complexity index is 550. The molecule has 0 spiro atoms. The molecular formula is C14H14N2O2. The van der Waals surface area contributed by atoms with Gasteiger partial charge in [-0.25, -0.2) is 0 Å². The molecule has 0 aliphatic heterocycles. The van der Waals surface area contributed by atoms with Crippen molar-refractivity contribution in [2.24, 2.45) is 0 Å². The summed E-state index contributed by atoms with van der Waals surface area (Å²) in [5, 5.41) is 7.24. The second-order valence-corrected chi connectivity index (χ2v) is 3.71. The van der Waals surface area contributed by atoms with Crippen molar-refractivity contribution >= 4 is 11.9 Å². The largest absolute Gasteiger partial charge is 0.497 e. The summed E-state index contributed by atoms with van der Waals surface area (Å²) in [6.07, 6.45) is 1.20. The molecule has 0 aliphatic rings. The molecule has 4 nitrogen and oxygen atoms in total. The Morgan fingerprint density at radius 1 is 1.00 bits per heavy atom. The molecule has 4 heteroatoms. The van der Waals surface area contributed by atoms with E-state index in [1.165, 1.54) is 6.21 Å². The van der Waals surface area contributed by atoms with E-state index in [0.29, 0.717) is 22.7 Å². The summed E-state index contributed by atoms with van der Waals surface area (Å²) >= 11 is 0. The smallest absolute Gasteiger partial charge is 0.128 e. The van der Waals surface area contributed by atoms with E-state index in [-0.39, 0.29) is 0 Å². The van der Waals surface area contributed by atoms with Crippen LogP contribution >= 0.6 is 0 Å². The van der Waals surface area contributed by atoms with Gasteiger partial charge in [0.1, 0.15) is 17.2 Å². The second kappa shape index (κ2) is 5.23. The van der Waals surface area contributed by atoms with Gasteiger partial charge in [-0.2, -0.15) is 0 Å². The molecule has 2 aromatic carbocycles. The van der Waals surface area contributed by atoms with Crippen molar-refractivity contribution in [3.8, 4) is 17.2 Å². The minimum Gasteiger partial charge on any atom is -0.497 e. The Kier molecular flexibility index (Phi) is 3.48. The van der Waals surface area contributed by atoms with Crippen LogP contribution < -0.4 is 15.2 Å². The van der Waals surface area contributed by atoms with Gasteiger partial charge in [0.05, 0.1) is 7.11 Å². The lowest BCUT2D eigenvalue weighted by molar-refractivity contribution is 0.413. The fourth-order valence-electron chi connectivity index (χ4n) is 1.52. The van der Waals surface area contributed by atoms with Crippen LogP contribution in [0.4, 0.5) is 5.69 Å². The number of nitrogens with one attached hydrogen (secondary N) is 1. The minimum atomic E-state index is 0.562. The average Bonchev–Trinajstić information content (AvgIpc) is 2.42. The molecule has 0 atom stereocenters. The van der Waals surface area contributed by atoms with E-state index in [9.17, 15) is 0 Å². The zero-order valence-electron chi connectivity index (χ0n) is 10.0. The van der Waals surface area contributed by atoms with Gasteiger partial charge in [-0.3, -0.25) is 0 Å². The van der Waals surface area contributed by atoms with Gasteiger partial charge in [-0.05, 0) is 42.5 Å². The molecule has 18 heavy (non-hydrogen) atoms. The molecular weight excluding hydrogens is 228 g/mol. The minimum absolute atomic E-state index is 0.562. The zero-order chi connectivity index (χ0) is 13.0. The van der Waals surface area contributed by atoms with Crippen LogP contribution in [0.2, 0.25) is 0 Å². The number of methoxy groups -OCH3 is 1. The Labute approximate surface area is 105 Å². The number of nitrogen functional groups attached to an aromatic ring is 1. The Morgan fingerprint density at radius 3 is 2.22 bits per heavy atom. The summed E-state index contributed by atoms with van der Waals surface area (Å²) in [6, 6.07) is 12.5. The van der Waals surface area contributed by atoms with Crippen LogP contribution in [0, 0.1) is 5.41 Å². The number of ether oxygens (including phenoxy) is 2. The van der Waals surface area contributed by atoms with Gasteiger partial charge < -0.3 is 20.6 Å². The highest BCUT2D eigenvalue weighted by atomic mass is 16.5. The van der Waals surface area contributed by atoms with Crippen LogP contribution in [-0.4, -0.2) is 13.3 Å². The number of hydrogen-bond donors (Lipinski definition) is 2. The maximum Gasteiger partial charge on any atom is 0.128 e. The van der Waals surface area contributed by atoms with Gasteiger partial charge in [0, 0.05) is 17.5 Å². The molecule has 0 heterocycles. The first-order valence-electron chi connectivity index (χ1n) is 5.45. The van der Waals surface area contributed by atoms with Gasteiger partial charge >= 0.3 is 0 Å². The van der Waals surface area contributed by atoms with Crippen molar-refractivity contribution in [2.75, 3.05) is 12.8 Å². The normalized spacial score (nSPS) is 9.83. The quantitative estimate of drug-likeness (QED) is 0.639. The molecule has 2 aromatic rings. The molecule has 0 aliphatic carbocycles. The van der Waals surface area contributed by atoms with Crippen LogP contribution in [0.25, 0.3) is 0 Å². The first-order valence-corrected chi connectivity index (χ1v) is 5.45. The summed E-state index contributed by atoms with van der Waals surface area (Å²) < 4.78 is 10.7. The van der Waals surface area contributed by atoms with E-state index in [1.807, 2.05) is 24.3 Å². The molecule has 2 rings (SSSR count). The Hall–Kier alpha value is -2.49. The summed E-state index contributed by atoms with van der Waals surface area (Å²) in [5.41, 5.74) is 6.91. The number of benzene rings is 2. The summed E-state index contributed by atoms with van der Waals surface area (Å²) in [7, 11) is 1.62. The number of anilines is 1. The maximum absolute atomic E-state index is 7.24. The summed E-state index contributed by atoms with van der Waals surface area (Å²) in [4.78, 5) is 0. The van der Waals surface area contributed by atoms with Crippen molar-refractivity contribution in [3.63, 3.8) is 0 Å². The molecule has 0 unspecified atom stereocenters. The molecule has 0 bridgehead atoms. The van der Waals surface area contributed by atoms with Crippen LogP contribution in [0.1, 0.15) is 5.56 Å². The van der Waals surface area contributed by atoms with E-state index >= 15 is 0 Å². The highest BCUT2D eigenvalue weighted by Crippen LogP contribution is 2.25. The summed E-state index contributed by atoms with van der Waals surface area (Å²) in [5.74, 6) is 2.13. The highest BCUT2D eigenvalue weighted by Gasteiger charge is 2.01. The summed E-state index contributed by atoms with van der Waals surface area (Å²) in [6.45, 7) is 0. The van der Waals surface area contributed by atoms with Gasteiger partial charge in [0.2, 0.25) is 0 Å². The van der Waals surface area contributed by atoms with Crippen LogP contribution in [0.3, 0.4) is 0 Å². The van der Waals surface area contributed by atoms with Crippen molar-refractivity contribution < 1.29 is 9.47 Å². The van der Waals surface area contributed by atoms with Crippen molar-refractivity contribution in [3.05, 3.63) is 48.0 Å². The third kappa shape index (κ3) is 2.60. The third-order valence-corrected chi connectivity index (χ3v) is 2.51. The Balaban J connectivity index is 2.20. The molecule has 0 saturated carbocycles. The van der Waals surface area contributed by atoms with Crippen molar-refractivity contribution in [2.45, 2.75) is 0 Å². The number of nitrogens with two attached hydrogens (primary N) is 1. The van der Waals surface area contributed by atoms with Gasteiger partial charge in [-0.1, -0.05) is 0 Å². The average molecular weight is 242 g/mol. The lowest BCUT2D eigenvalue weighted by atomic mass is 10.2. The lowest BCUT2D eigenvalue weighted by Gasteiger charge is -2.08. The second-order valence-electron chi connectivity index (χ2n) is 3.71. The standard InChI is InChI=1S/C14H14N2O2/c1-17-11-2-4-12(5-3-11)18-13-6-7-14(16)10(8-13)9-15/h2-9,15H,16H2,1H3. The molecule has 0 aromatic heterocycles. The molecule has 0 amide bonds. The first-order chi connectivity index (χ1) is 8.72. The van der Waals surface area contributed by atoms with Crippen molar-refractivity contribution in [1.29, 1.82) is 5.41 Å². The third-order valence-electron chi connectivity index (χ3n) is 2.51.